The largest absolute Gasteiger partial charge is 0.489 e. The van der Waals surface area contributed by atoms with Crippen LogP contribution in [0.15, 0.2) is 35.3 Å². The SMILES string of the molecule is CC1CC1Oc1cc(Cl)c(F)c(-c2c(-c3ccc4c(=O)[nH]nc(CN)c4c3)cnn2C)c1C#N. The highest BCUT2D eigenvalue weighted by Crippen LogP contribution is 2.43. The molecule has 34 heavy (non-hydrogen) atoms. The molecule has 2 aromatic carbocycles. The van der Waals surface area contributed by atoms with Crippen LogP contribution in [0.1, 0.15) is 24.6 Å². The quantitative estimate of drug-likeness (QED) is 0.448. The zero-order valence-electron chi connectivity index (χ0n) is 18.4. The Morgan fingerprint density at radius 2 is 2.15 bits per heavy atom. The highest BCUT2D eigenvalue weighted by Gasteiger charge is 2.36. The molecule has 172 valence electrons. The maximum absolute atomic E-state index is 15.5. The van der Waals surface area contributed by atoms with Crippen molar-refractivity contribution in [3.05, 3.63) is 62.9 Å². The van der Waals surface area contributed by atoms with E-state index in [1.165, 1.54) is 10.7 Å². The van der Waals surface area contributed by atoms with E-state index in [-0.39, 0.29) is 40.1 Å². The van der Waals surface area contributed by atoms with Crippen molar-refractivity contribution in [3.8, 4) is 34.2 Å². The molecule has 0 aliphatic heterocycles. The number of nitriles is 1. The lowest BCUT2D eigenvalue weighted by Crippen LogP contribution is -2.13. The summed E-state index contributed by atoms with van der Waals surface area (Å²) in [5.41, 5.74) is 7.61. The van der Waals surface area contributed by atoms with Gasteiger partial charge in [0, 0.05) is 30.6 Å². The third kappa shape index (κ3) is 3.52. The Labute approximate surface area is 198 Å². The van der Waals surface area contributed by atoms with Crippen molar-refractivity contribution in [2.45, 2.75) is 26.0 Å². The summed E-state index contributed by atoms with van der Waals surface area (Å²) >= 11 is 6.24. The van der Waals surface area contributed by atoms with Crippen molar-refractivity contribution >= 4 is 22.4 Å². The van der Waals surface area contributed by atoms with Crippen molar-refractivity contribution in [3.63, 3.8) is 0 Å². The summed E-state index contributed by atoms with van der Waals surface area (Å²) in [4.78, 5) is 12.2. The van der Waals surface area contributed by atoms with Crippen molar-refractivity contribution in [1.82, 2.24) is 20.0 Å². The van der Waals surface area contributed by atoms with Gasteiger partial charge in [-0.25, -0.2) is 9.49 Å². The second kappa shape index (κ2) is 8.24. The molecule has 2 heterocycles. The number of H-pyrrole nitrogens is 1. The summed E-state index contributed by atoms with van der Waals surface area (Å²) in [5.74, 6) is -0.136. The number of nitrogens with two attached hydrogens (primary N) is 1. The zero-order valence-corrected chi connectivity index (χ0v) is 19.2. The minimum Gasteiger partial charge on any atom is -0.489 e. The Hall–Kier alpha value is -3.74. The van der Waals surface area contributed by atoms with E-state index in [0.717, 1.165) is 6.42 Å². The van der Waals surface area contributed by atoms with Gasteiger partial charge in [0.05, 0.1) is 33.6 Å². The Balaban J connectivity index is 1.74. The van der Waals surface area contributed by atoms with Crippen LogP contribution in [0, 0.1) is 23.1 Å². The molecule has 0 bridgehead atoms. The molecule has 8 nitrogen and oxygen atoms in total. The van der Waals surface area contributed by atoms with E-state index in [1.807, 2.05) is 6.92 Å². The predicted molar refractivity (Wildman–Crippen MR) is 126 cm³/mol. The van der Waals surface area contributed by atoms with Gasteiger partial charge in [-0.3, -0.25) is 9.48 Å². The molecule has 4 aromatic rings. The molecule has 3 N–H and O–H groups in total. The number of nitrogens with one attached hydrogen (secondary N) is 1. The predicted octanol–water partition coefficient (Wildman–Crippen LogP) is 3.90. The molecule has 1 saturated carbocycles. The van der Waals surface area contributed by atoms with Crippen LogP contribution in [-0.2, 0) is 13.6 Å². The van der Waals surface area contributed by atoms with Crippen LogP contribution in [0.4, 0.5) is 4.39 Å². The van der Waals surface area contributed by atoms with Gasteiger partial charge in [-0.2, -0.15) is 15.5 Å². The first-order valence-electron chi connectivity index (χ1n) is 10.7. The molecular formula is C24H20ClFN6O2. The van der Waals surface area contributed by atoms with Gasteiger partial charge < -0.3 is 10.5 Å². The lowest BCUT2D eigenvalue weighted by molar-refractivity contribution is 0.287. The topological polar surface area (TPSA) is 123 Å². The molecular weight excluding hydrogens is 459 g/mol. The molecule has 2 aromatic heterocycles. The molecule has 0 amide bonds. The van der Waals surface area contributed by atoms with E-state index in [9.17, 15) is 10.1 Å². The number of rotatable bonds is 5. The fourth-order valence-electron chi connectivity index (χ4n) is 4.13. The normalized spacial score (nSPS) is 17.1. The molecule has 2 unspecified atom stereocenters. The lowest BCUT2D eigenvalue weighted by atomic mass is 9.95. The minimum absolute atomic E-state index is 0.0106. The van der Waals surface area contributed by atoms with E-state index in [2.05, 4.69) is 21.4 Å². The van der Waals surface area contributed by atoms with Crippen LogP contribution in [0.3, 0.4) is 0 Å². The van der Waals surface area contributed by atoms with Crippen molar-refractivity contribution in [1.29, 1.82) is 5.26 Å². The number of hydrogen-bond donors (Lipinski definition) is 2. The van der Waals surface area contributed by atoms with Gasteiger partial charge in [0.15, 0.2) is 5.82 Å². The third-order valence-electron chi connectivity index (χ3n) is 6.16. The molecule has 0 spiro atoms. The van der Waals surface area contributed by atoms with Crippen LogP contribution in [0.25, 0.3) is 33.2 Å². The van der Waals surface area contributed by atoms with Gasteiger partial charge in [0.1, 0.15) is 23.5 Å². The number of hydrogen-bond acceptors (Lipinski definition) is 6. The number of halogens is 2. The van der Waals surface area contributed by atoms with E-state index in [1.54, 1.807) is 31.4 Å². The highest BCUT2D eigenvalue weighted by atomic mass is 35.5. The number of benzene rings is 2. The van der Waals surface area contributed by atoms with E-state index < -0.39 is 5.82 Å². The molecule has 1 aliphatic carbocycles. The van der Waals surface area contributed by atoms with Crippen LogP contribution in [0.2, 0.25) is 5.02 Å². The third-order valence-corrected chi connectivity index (χ3v) is 6.43. The standard InChI is InChI=1S/C24H20ClFN6O2/c1-11-5-19(11)34-20-7-17(25)22(26)21(15(20)8-27)23-16(10-29-32(23)2)12-3-4-13-14(6-12)18(9-28)30-31-24(13)33/h3-4,6-7,10-11,19H,5,9,28H2,1-2H3,(H,31,33). The smallest absolute Gasteiger partial charge is 0.272 e. The second-order valence-corrected chi connectivity index (χ2v) is 8.80. The zero-order chi connectivity index (χ0) is 24.1. The highest BCUT2D eigenvalue weighted by molar-refractivity contribution is 6.31. The maximum atomic E-state index is 15.5. The number of nitrogens with zero attached hydrogens (tertiary/aromatic N) is 4. The lowest BCUT2D eigenvalue weighted by Gasteiger charge is -2.15. The second-order valence-electron chi connectivity index (χ2n) is 8.40. The monoisotopic (exact) mass is 478 g/mol. The summed E-state index contributed by atoms with van der Waals surface area (Å²) in [7, 11) is 1.66. The van der Waals surface area contributed by atoms with E-state index in [4.69, 9.17) is 22.1 Å². The first kappa shape index (κ1) is 22.1. The molecule has 2 atom stereocenters. The van der Waals surface area contributed by atoms with Crippen LogP contribution in [-0.4, -0.2) is 26.1 Å². The Morgan fingerprint density at radius 3 is 2.82 bits per heavy atom. The van der Waals surface area contributed by atoms with Crippen LogP contribution >= 0.6 is 11.6 Å². The summed E-state index contributed by atoms with van der Waals surface area (Å²) < 4.78 is 22.9. The van der Waals surface area contributed by atoms with Crippen molar-refractivity contribution < 1.29 is 9.13 Å². The molecule has 5 rings (SSSR count). The molecule has 0 radical (unpaired) electrons. The first-order chi connectivity index (χ1) is 16.3. The number of aromatic amines is 1. The van der Waals surface area contributed by atoms with Gasteiger partial charge in [0.2, 0.25) is 0 Å². The molecule has 0 saturated heterocycles. The average Bonchev–Trinajstić information content (AvgIpc) is 3.39. The first-order valence-corrected chi connectivity index (χ1v) is 11.0. The van der Waals surface area contributed by atoms with Gasteiger partial charge in [-0.05, 0) is 30.0 Å². The fourth-order valence-corrected chi connectivity index (χ4v) is 4.33. The summed E-state index contributed by atoms with van der Waals surface area (Å²) in [6.45, 7) is 2.16. The Bertz CT molecular complexity index is 1550. The van der Waals surface area contributed by atoms with Gasteiger partial charge in [0.25, 0.3) is 5.56 Å². The van der Waals surface area contributed by atoms with Gasteiger partial charge >= 0.3 is 0 Å². The number of fused-ring (bicyclic) bond motifs is 1. The number of aryl methyl sites for hydroxylation is 1. The Kier molecular flexibility index (Phi) is 5.35. The molecule has 1 fully saturated rings. The summed E-state index contributed by atoms with van der Waals surface area (Å²) in [6.07, 6.45) is 2.40. The maximum Gasteiger partial charge on any atom is 0.272 e. The number of ether oxygens (including phenoxy) is 1. The van der Waals surface area contributed by atoms with Gasteiger partial charge in [-0.15, -0.1) is 0 Å². The van der Waals surface area contributed by atoms with Gasteiger partial charge in [-0.1, -0.05) is 24.6 Å². The van der Waals surface area contributed by atoms with E-state index >= 15 is 4.39 Å². The fraction of sp³-hybridized carbons (Fsp3) is 0.250. The van der Waals surface area contributed by atoms with Crippen LogP contribution in [0.5, 0.6) is 5.75 Å². The minimum atomic E-state index is -0.735. The molecule has 10 heteroatoms. The van der Waals surface area contributed by atoms with Crippen molar-refractivity contribution in [2.24, 2.45) is 18.7 Å². The summed E-state index contributed by atoms with van der Waals surface area (Å²) in [6, 6.07) is 8.59. The average molecular weight is 479 g/mol. The number of aromatic nitrogens is 4. The summed E-state index contributed by atoms with van der Waals surface area (Å²) in [5, 5.41) is 21.6. The molecule has 1 aliphatic rings. The Morgan fingerprint density at radius 1 is 1.38 bits per heavy atom. The van der Waals surface area contributed by atoms with Crippen molar-refractivity contribution in [2.75, 3.05) is 0 Å². The van der Waals surface area contributed by atoms with E-state index in [0.29, 0.717) is 39.2 Å². The van der Waals surface area contributed by atoms with Crippen LogP contribution < -0.4 is 16.0 Å².